The smallest absolute Gasteiger partial charge is 0.326 e. The fraction of sp³-hybridized carbons (Fsp3) is 0.750. The highest BCUT2D eigenvalue weighted by atomic mass is 32.2. The Bertz CT molecular complexity index is 320. The molecule has 0 bridgehead atoms. The number of carbonyl (C=O) groups excluding carboxylic acids is 1. The van der Waals surface area contributed by atoms with Crippen molar-refractivity contribution in [3.63, 3.8) is 0 Å². The Morgan fingerprint density at radius 3 is 2.71 bits per heavy atom. The summed E-state index contributed by atoms with van der Waals surface area (Å²) in [5.41, 5.74) is 0.644. The highest BCUT2D eigenvalue weighted by Gasteiger charge is 2.24. The number of rotatable bonds is 4. The molecule has 1 N–H and O–H groups in total. The van der Waals surface area contributed by atoms with Gasteiger partial charge in [0.1, 0.15) is 12.1 Å². The van der Waals surface area contributed by atoms with Gasteiger partial charge in [-0.3, -0.25) is 4.79 Å². The minimum atomic E-state index is -0.435. The molecule has 0 amide bonds. The van der Waals surface area contributed by atoms with Crippen LogP contribution in [0.15, 0.2) is 10.6 Å². The van der Waals surface area contributed by atoms with Crippen LogP contribution in [0.3, 0.4) is 0 Å². The lowest BCUT2D eigenvalue weighted by Crippen LogP contribution is -2.32. The van der Waals surface area contributed by atoms with Crippen molar-refractivity contribution in [3.8, 4) is 0 Å². The van der Waals surface area contributed by atoms with Crippen LogP contribution in [0, 0.1) is 0 Å². The molecule has 0 aliphatic carbocycles. The van der Waals surface area contributed by atoms with Gasteiger partial charge in [0.2, 0.25) is 0 Å². The average molecular weight is 259 g/mol. The van der Waals surface area contributed by atoms with Crippen LogP contribution in [-0.4, -0.2) is 40.6 Å². The molecule has 0 saturated carbocycles. The monoisotopic (exact) mass is 259 g/mol. The molecule has 4 nitrogen and oxygen atoms in total. The van der Waals surface area contributed by atoms with E-state index in [1.54, 1.807) is 11.8 Å². The highest BCUT2D eigenvalue weighted by molar-refractivity contribution is 8.03. The largest absolute Gasteiger partial charge is 0.459 e. The van der Waals surface area contributed by atoms with Gasteiger partial charge in [0.25, 0.3) is 0 Å². The Labute approximate surface area is 107 Å². The van der Waals surface area contributed by atoms with Crippen molar-refractivity contribution < 1.29 is 14.6 Å². The van der Waals surface area contributed by atoms with Crippen LogP contribution >= 0.6 is 11.8 Å². The van der Waals surface area contributed by atoms with Crippen LogP contribution in [-0.2, 0) is 9.53 Å². The summed E-state index contributed by atoms with van der Waals surface area (Å²) in [5.74, 6) is 0.558. The Balaban J connectivity index is 2.51. The molecule has 0 radical (unpaired) electrons. The van der Waals surface area contributed by atoms with Crippen molar-refractivity contribution in [1.82, 2.24) is 4.90 Å². The van der Waals surface area contributed by atoms with Gasteiger partial charge in [-0.1, -0.05) is 0 Å². The maximum Gasteiger partial charge on any atom is 0.326 e. The molecule has 1 rings (SSSR count). The maximum absolute atomic E-state index is 11.7. The van der Waals surface area contributed by atoms with E-state index in [0.29, 0.717) is 6.42 Å². The number of carbonyl (C=O) groups is 1. The third kappa shape index (κ3) is 4.60. The van der Waals surface area contributed by atoms with Crippen LogP contribution in [0.2, 0.25) is 0 Å². The molecule has 0 atom stereocenters. The van der Waals surface area contributed by atoms with Crippen LogP contribution in [0.1, 0.15) is 34.1 Å². The number of esters is 1. The van der Waals surface area contributed by atoms with Gasteiger partial charge in [0.05, 0.1) is 5.88 Å². The molecule has 0 aromatic rings. The van der Waals surface area contributed by atoms with E-state index in [1.165, 1.54) is 0 Å². The zero-order chi connectivity index (χ0) is 13.1. The molecule has 0 unspecified atom stereocenters. The summed E-state index contributed by atoms with van der Waals surface area (Å²) < 4.78 is 5.28. The van der Waals surface area contributed by atoms with Gasteiger partial charge < -0.3 is 14.7 Å². The van der Waals surface area contributed by atoms with E-state index in [9.17, 15) is 4.79 Å². The second-order valence-electron chi connectivity index (χ2n) is 5.04. The Morgan fingerprint density at radius 1 is 1.53 bits per heavy atom. The lowest BCUT2D eigenvalue weighted by atomic mass is 10.2. The van der Waals surface area contributed by atoms with E-state index in [0.717, 1.165) is 16.5 Å². The standard InChI is InChI=1S/C12H21NO3S/c1-9-10(5-6-14)17-8-13(9)7-11(15)16-12(2,3)4/h14H,5-8H2,1-4H3. The van der Waals surface area contributed by atoms with Crippen LogP contribution in [0.4, 0.5) is 0 Å². The van der Waals surface area contributed by atoms with E-state index in [1.807, 2.05) is 32.6 Å². The summed E-state index contributed by atoms with van der Waals surface area (Å²) in [6.07, 6.45) is 0.668. The number of nitrogens with zero attached hydrogens (tertiary/aromatic N) is 1. The first kappa shape index (κ1) is 14.4. The van der Waals surface area contributed by atoms with Gasteiger partial charge in [0, 0.05) is 23.6 Å². The molecule has 1 aliphatic rings. The topological polar surface area (TPSA) is 49.8 Å². The number of aliphatic hydroxyl groups is 1. The minimum absolute atomic E-state index is 0.153. The molecule has 17 heavy (non-hydrogen) atoms. The van der Waals surface area contributed by atoms with Gasteiger partial charge in [-0.15, -0.1) is 11.8 Å². The number of aliphatic hydroxyl groups excluding tert-OH is 1. The fourth-order valence-corrected chi connectivity index (χ4v) is 2.75. The van der Waals surface area contributed by atoms with Gasteiger partial charge in [-0.2, -0.15) is 0 Å². The lowest BCUT2D eigenvalue weighted by Gasteiger charge is -2.23. The third-order valence-electron chi connectivity index (χ3n) is 2.35. The SMILES string of the molecule is CC1=C(CCO)SCN1CC(=O)OC(C)(C)C. The molecule has 1 aliphatic heterocycles. The summed E-state index contributed by atoms with van der Waals surface area (Å²) in [6.45, 7) is 8.01. The molecular weight excluding hydrogens is 238 g/mol. The number of ether oxygens (including phenoxy) is 1. The second kappa shape index (κ2) is 5.78. The summed E-state index contributed by atoms with van der Waals surface area (Å²) in [6, 6.07) is 0. The highest BCUT2D eigenvalue weighted by Crippen LogP contribution is 2.33. The Morgan fingerprint density at radius 2 is 2.18 bits per heavy atom. The van der Waals surface area contributed by atoms with E-state index < -0.39 is 5.60 Å². The second-order valence-corrected chi connectivity index (χ2v) is 6.08. The molecule has 98 valence electrons. The zero-order valence-corrected chi connectivity index (χ0v) is 11.8. The molecule has 1 heterocycles. The first-order chi connectivity index (χ1) is 7.83. The zero-order valence-electron chi connectivity index (χ0n) is 10.9. The molecule has 0 saturated heterocycles. The summed E-state index contributed by atoms with van der Waals surface area (Å²) in [7, 11) is 0. The van der Waals surface area contributed by atoms with Crippen molar-refractivity contribution in [3.05, 3.63) is 10.6 Å². The summed E-state index contributed by atoms with van der Waals surface area (Å²) in [4.78, 5) is 14.8. The van der Waals surface area contributed by atoms with Crippen molar-refractivity contribution in [2.45, 2.75) is 39.7 Å². The molecule has 0 spiro atoms. The maximum atomic E-state index is 11.7. The number of hydrogen-bond acceptors (Lipinski definition) is 5. The molecule has 0 aromatic heterocycles. The Kier molecular flexibility index (Phi) is 4.89. The molecule has 0 fully saturated rings. The van der Waals surface area contributed by atoms with Gasteiger partial charge >= 0.3 is 5.97 Å². The predicted molar refractivity (Wildman–Crippen MR) is 69.4 cm³/mol. The van der Waals surface area contributed by atoms with Gasteiger partial charge in [-0.05, 0) is 27.7 Å². The van der Waals surface area contributed by atoms with Crippen LogP contribution in [0.25, 0.3) is 0 Å². The van der Waals surface area contributed by atoms with E-state index in [4.69, 9.17) is 9.84 Å². The van der Waals surface area contributed by atoms with Gasteiger partial charge in [0.15, 0.2) is 0 Å². The molecular formula is C12H21NO3S. The average Bonchev–Trinajstić information content (AvgIpc) is 2.47. The Hall–Kier alpha value is -0.680. The first-order valence-electron chi connectivity index (χ1n) is 5.73. The minimum Gasteiger partial charge on any atom is -0.459 e. The quantitative estimate of drug-likeness (QED) is 0.782. The van der Waals surface area contributed by atoms with E-state index >= 15 is 0 Å². The summed E-state index contributed by atoms with van der Waals surface area (Å²) in [5, 5.41) is 8.91. The van der Waals surface area contributed by atoms with Crippen LogP contribution in [0.5, 0.6) is 0 Å². The van der Waals surface area contributed by atoms with E-state index in [-0.39, 0.29) is 19.1 Å². The number of allylic oxidation sites excluding steroid dienone is 1. The van der Waals surface area contributed by atoms with Crippen LogP contribution < -0.4 is 0 Å². The van der Waals surface area contributed by atoms with Gasteiger partial charge in [-0.25, -0.2) is 0 Å². The number of thioether (sulfide) groups is 1. The molecule has 5 heteroatoms. The van der Waals surface area contributed by atoms with Crippen molar-refractivity contribution in [2.24, 2.45) is 0 Å². The third-order valence-corrected chi connectivity index (χ3v) is 3.64. The first-order valence-corrected chi connectivity index (χ1v) is 6.72. The van der Waals surface area contributed by atoms with E-state index in [2.05, 4.69) is 0 Å². The molecule has 0 aromatic carbocycles. The summed E-state index contributed by atoms with van der Waals surface area (Å²) >= 11 is 1.68. The normalized spacial score (nSPS) is 16.6. The number of hydrogen-bond donors (Lipinski definition) is 1. The van der Waals surface area contributed by atoms with Crippen molar-refractivity contribution >= 4 is 17.7 Å². The fourth-order valence-electron chi connectivity index (χ4n) is 1.58. The predicted octanol–water partition coefficient (Wildman–Crippen LogP) is 1.95. The van der Waals surface area contributed by atoms with Crippen molar-refractivity contribution in [2.75, 3.05) is 19.0 Å². The lowest BCUT2D eigenvalue weighted by molar-refractivity contribution is -0.155. The van der Waals surface area contributed by atoms with Crippen molar-refractivity contribution in [1.29, 1.82) is 0 Å².